The van der Waals surface area contributed by atoms with Gasteiger partial charge in [0, 0.05) is 11.1 Å². The molecule has 1 aliphatic heterocycles. The summed E-state index contributed by atoms with van der Waals surface area (Å²) in [6, 6.07) is 7.33. The van der Waals surface area contributed by atoms with Crippen LogP contribution < -0.4 is 5.32 Å². The third kappa shape index (κ3) is 4.11. The molecular formula is C15H19ClN2O3. The summed E-state index contributed by atoms with van der Waals surface area (Å²) < 4.78 is 5.21. The molecule has 1 aliphatic rings. The molecule has 2 amide bonds. The van der Waals surface area contributed by atoms with E-state index in [2.05, 4.69) is 5.32 Å². The molecule has 0 aromatic heterocycles. The van der Waals surface area contributed by atoms with Crippen LogP contribution in [-0.4, -0.2) is 42.1 Å². The van der Waals surface area contributed by atoms with Crippen LogP contribution >= 0.6 is 11.6 Å². The molecule has 0 aliphatic carbocycles. The van der Waals surface area contributed by atoms with Crippen LogP contribution in [0.4, 0.5) is 4.79 Å². The maximum Gasteiger partial charge on any atom is 0.410 e. The van der Waals surface area contributed by atoms with Gasteiger partial charge in [-0.1, -0.05) is 29.8 Å². The minimum atomic E-state index is -0.324. The summed E-state index contributed by atoms with van der Waals surface area (Å²) in [5.41, 5.74) is 0.781. The maximum atomic E-state index is 11.9. The van der Waals surface area contributed by atoms with E-state index in [1.165, 1.54) is 0 Å². The highest BCUT2D eigenvalue weighted by molar-refractivity contribution is 6.31. The fraction of sp³-hybridized carbons (Fsp3) is 0.467. The Morgan fingerprint density at radius 3 is 2.81 bits per heavy atom. The lowest BCUT2D eigenvalue weighted by molar-refractivity contribution is -0.120. The topological polar surface area (TPSA) is 58.6 Å². The molecule has 1 heterocycles. The van der Waals surface area contributed by atoms with Crippen LogP contribution in [0.15, 0.2) is 24.3 Å². The number of benzene rings is 1. The molecule has 1 N–H and O–H groups in total. The average molecular weight is 311 g/mol. The lowest BCUT2D eigenvalue weighted by Gasteiger charge is -2.16. The van der Waals surface area contributed by atoms with Crippen molar-refractivity contribution in [2.75, 3.05) is 13.1 Å². The fourth-order valence-corrected chi connectivity index (χ4v) is 2.38. The lowest BCUT2D eigenvalue weighted by Crippen LogP contribution is -2.36. The molecular weight excluding hydrogens is 292 g/mol. The van der Waals surface area contributed by atoms with Crippen LogP contribution in [0.25, 0.3) is 0 Å². The number of nitrogens with one attached hydrogen (secondary N) is 1. The first kappa shape index (κ1) is 15.6. The van der Waals surface area contributed by atoms with Crippen molar-refractivity contribution in [2.45, 2.75) is 32.4 Å². The second-order valence-electron chi connectivity index (χ2n) is 5.32. The Labute approximate surface area is 129 Å². The Morgan fingerprint density at radius 2 is 2.19 bits per heavy atom. The van der Waals surface area contributed by atoms with Crippen LogP contribution in [0.3, 0.4) is 0 Å². The van der Waals surface area contributed by atoms with Gasteiger partial charge in [-0.15, -0.1) is 0 Å². The second kappa shape index (κ2) is 6.80. The Balaban J connectivity index is 1.80. The van der Waals surface area contributed by atoms with Gasteiger partial charge in [-0.3, -0.25) is 4.79 Å². The molecule has 1 fully saturated rings. The predicted molar refractivity (Wildman–Crippen MR) is 80.3 cm³/mol. The largest absolute Gasteiger partial charge is 0.442 e. The van der Waals surface area contributed by atoms with Crippen LogP contribution in [0.2, 0.25) is 5.02 Å². The zero-order chi connectivity index (χ0) is 15.4. The molecule has 0 spiro atoms. The number of rotatable bonds is 5. The molecule has 6 heteroatoms. The summed E-state index contributed by atoms with van der Waals surface area (Å²) >= 11 is 6.01. The molecule has 1 aromatic carbocycles. The monoisotopic (exact) mass is 310 g/mol. The molecule has 0 radical (unpaired) electrons. The number of amides is 2. The minimum absolute atomic E-state index is 0.0985. The summed E-state index contributed by atoms with van der Waals surface area (Å²) in [5.74, 6) is -0.137. The molecule has 1 unspecified atom stereocenters. The molecule has 0 saturated carbocycles. The van der Waals surface area contributed by atoms with Crippen molar-refractivity contribution < 1.29 is 14.3 Å². The van der Waals surface area contributed by atoms with Crippen molar-refractivity contribution in [3.05, 3.63) is 34.9 Å². The van der Waals surface area contributed by atoms with Crippen molar-refractivity contribution in [3.8, 4) is 0 Å². The highest BCUT2D eigenvalue weighted by atomic mass is 35.5. The van der Waals surface area contributed by atoms with Crippen molar-refractivity contribution in [2.24, 2.45) is 0 Å². The molecule has 1 atom stereocenters. The Hall–Kier alpha value is -1.75. The smallest absolute Gasteiger partial charge is 0.410 e. The standard InChI is InChI=1S/C15H19ClN2O3/c1-10(2)18-9-12(21-15(18)20)8-17-14(19)7-11-5-3-4-6-13(11)16/h3-6,10,12H,7-9H2,1-2H3,(H,17,19). The highest BCUT2D eigenvalue weighted by Gasteiger charge is 2.32. The van der Waals surface area contributed by atoms with Gasteiger partial charge in [-0.25, -0.2) is 4.79 Å². The summed E-state index contributed by atoms with van der Waals surface area (Å²) in [4.78, 5) is 25.1. The molecule has 1 saturated heterocycles. The van der Waals surface area contributed by atoms with Crippen LogP contribution in [-0.2, 0) is 16.0 Å². The second-order valence-corrected chi connectivity index (χ2v) is 5.73. The lowest BCUT2D eigenvalue weighted by atomic mass is 10.1. The van der Waals surface area contributed by atoms with Gasteiger partial charge in [0.05, 0.1) is 19.5 Å². The molecule has 114 valence electrons. The van der Waals surface area contributed by atoms with Crippen molar-refractivity contribution in [1.29, 1.82) is 0 Å². The maximum absolute atomic E-state index is 11.9. The minimum Gasteiger partial charge on any atom is -0.442 e. The number of hydrogen-bond acceptors (Lipinski definition) is 3. The van der Waals surface area contributed by atoms with Gasteiger partial charge in [0.25, 0.3) is 0 Å². The molecule has 0 bridgehead atoms. The van der Waals surface area contributed by atoms with Gasteiger partial charge in [0.2, 0.25) is 5.91 Å². The zero-order valence-electron chi connectivity index (χ0n) is 12.1. The summed E-state index contributed by atoms with van der Waals surface area (Å²) in [7, 11) is 0. The zero-order valence-corrected chi connectivity index (χ0v) is 12.9. The van der Waals surface area contributed by atoms with E-state index in [0.29, 0.717) is 18.1 Å². The molecule has 1 aromatic rings. The van der Waals surface area contributed by atoms with E-state index in [9.17, 15) is 9.59 Å². The van der Waals surface area contributed by atoms with E-state index in [1.54, 1.807) is 11.0 Å². The number of hydrogen-bond donors (Lipinski definition) is 1. The Morgan fingerprint density at radius 1 is 1.48 bits per heavy atom. The van der Waals surface area contributed by atoms with Crippen LogP contribution in [0.1, 0.15) is 19.4 Å². The van der Waals surface area contributed by atoms with E-state index in [-0.39, 0.29) is 30.6 Å². The first-order valence-corrected chi connectivity index (χ1v) is 7.32. The summed E-state index contributed by atoms with van der Waals surface area (Å²) in [5, 5.41) is 3.35. The first-order chi connectivity index (χ1) is 9.97. The number of carbonyl (C=O) groups is 2. The van der Waals surface area contributed by atoms with E-state index in [0.717, 1.165) is 5.56 Å². The van der Waals surface area contributed by atoms with Crippen LogP contribution in [0, 0.1) is 0 Å². The van der Waals surface area contributed by atoms with E-state index >= 15 is 0 Å². The van der Waals surface area contributed by atoms with Crippen molar-refractivity contribution >= 4 is 23.6 Å². The van der Waals surface area contributed by atoms with Gasteiger partial charge >= 0.3 is 6.09 Å². The Kier molecular flexibility index (Phi) is 5.07. The first-order valence-electron chi connectivity index (χ1n) is 6.94. The number of nitrogens with zero attached hydrogens (tertiary/aromatic N) is 1. The van der Waals surface area contributed by atoms with E-state index in [1.807, 2.05) is 32.0 Å². The number of halogens is 1. The van der Waals surface area contributed by atoms with Gasteiger partial charge in [0.1, 0.15) is 6.10 Å². The SMILES string of the molecule is CC(C)N1CC(CNC(=O)Cc2ccccc2Cl)OC1=O. The van der Waals surface area contributed by atoms with Crippen molar-refractivity contribution in [3.63, 3.8) is 0 Å². The quantitative estimate of drug-likeness (QED) is 0.907. The van der Waals surface area contributed by atoms with Gasteiger partial charge in [-0.2, -0.15) is 0 Å². The van der Waals surface area contributed by atoms with E-state index in [4.69, 9.17) is 16.3 Å². The van der Waals surface area contributed by atoms with Gasteiger partial charge < -0.3 is 15.0 Å². The van der Waals surface area contributed by atoms with E-state index < -0.39 is 0 Å². The van der Waals surface area contributed by atoms with Crippen LogP contribution in [0.5, 0.6) is 0 Å². The average Bonchev–Trinajstić information content (AvgIpc) is 2.80. The van der Waals surface area contributed by atoms with Crippen molar-refractivity contribution in [1.82, 2.24) is 10.2 Å². The van der Waals surface area contributed by atoms with Gasteiger partial charge in [0.15, 0.2) is 0 Å². The predicted octanol–water partition coefficient (Wildman–Crippen LogP) is 2.23. The number of carbonyl (C=O) groups excluding carboxylic acids is 2. The number of cyclic esters (lactones) is 1. The molecule has 2 rings (SSSR count). The molecule has 21 heavy (non-hydrogen) atoms. The fourth-order valence-electron chi connectivity index (χ4n) is 2.17. The normalized spacial score (nSPS) is 18.0. The number of ether oxygens (including phenoxy) is 1. The summed E-state index contributed by atoms with van der Waals surface area (Å²) in [6.45, 7) is 4.68. The Bertz CT molecular complexity index is 533. The van der Waals surface area contributed by atoms with Gasteiger partial charge in [-0.05, 0) is 25.5 Å². The summed E-state index contributed by atoms with van der Waals surface area (Å²) in [6.07, 6.45) is -0.403. The molecule has 5 nitrogen and oxygen atoms in total. The third-order valence-electron chi connectivity index (χ3n) is 3.36. The third-order valence-corrected chi connectivity index (χ3v) is 3.73. The highest BCUT2D eigenvalue weighted by Crippen LogP contribution is 2.16.